The molecule has 2 aromatic rings. The highest BCUT2D eigenvalue weighted by Gasteiger charge is 2.22. The fourth-order valence-electron chi connectivity index (χ4n) is 1.73. The molecule has 2 heterocycles. The molecule has 1 aliphatic heterocycles. The second-order valence-corrected chi connectivity index (χ2v) is 4.94. The molecule has 1 fully saturated rings. The Morgan fingerprint density at radius 3 is 2.71 bits per heavy atom. The summed E-state index contributed by atoms with van der Waals surface area (Å²) in [5.41, 5.74) is 1.34. The molecular formula is C12H10F2N2S. The minimum atomic E-state index is -0.831. The third-order valence-electron chi connectivity index (χ3n) is 2.87. The van der Waals surface area contributed by atoms with Gasteiger partial charge in [0.15, 0.2) is 11.6 Å². The third kappa shape index (κ3) is 1.96. The van der Waals surface area contributed by atoms with Crippen LogP contribution in [0.2, 0.25) is 0 Å². The van der Waals surface area contributed by atoms with Crippen LogP contribution in [0.1, 0.15) is 10.9 Å². The summed E-state index contributed by atoms with van der Waals surface area (Å²) in [4.78, 5) is 4.46. The summed E-state index contributed by atoms with van der Waals surface area (Å²) in [6.45, 7) is 1.90. The average Bonchev–Trinajstić information content (AvgIpc) is 2.69. The van der Waals surface area contributed by atoms with Crippen molar-refractivity contribution in [3.63, 3.8) is 0 Å². The van der Waals surface area contributed by atoms with E-state index in [0.29, 0.717) is 11.5 Å². The van der Waals surface area contributed by atoms with Crippen molar-refractivity contribution in [3.8, 4) is 11.3 Å². The highest BCUT2D eigenvalue weighted by atomic mass is 32.1. The first kappa shape index (κ1) is 10.8. The van der Waals surface area contributed by atoms with E-state index in [1.807, 2.05) is 5.38 Å². The Hall–Kier alpha value is -1.33. The van der Waals surface area contributed by atoms with E-state index in [2.05, 4.69) is 10.3 Å². The van der Waals surface area contributed by atoms with E-state index >= 15 is 0 Å². The number of hydrogen-bond donors (Lipinski definition) is 1. The number of nitrogens with zero attached hydrogens (tertiary/aromatic N) is 1. The summed E-state index contributed by atoms with van der Waals surface area (Å²) in [6.07, 6.45) is 0. The van der Waals surface area contributed by atoms with Crippen molar-refractivity contribution >= 4 is 11.3 Å². The number of rotatable bonds is 2. The molecule has 1 aromatic heterocycles. The maximum atomic E-state index is 13.1. The van der Waals surface area contributed by atoms with Crippen LogP contribution in [0.25, 0.3) is 11.3 Å². The van der Waals surface area contributed by atoms with Crippen molar-refractivity contribution in [1.82, 2.24) is 10.3 Å². The van der Waals surface area contributed by atoms with E-state index in [9.17, 15) is 8.78 Å². The van der Waals surface area contributed by atoms with Gasteiger partial charge in [-0.3, -0.25) is 0 Å². The molecule has 0 radical (unpaired) electrons. The van der Waals surface area contributed by atoms with E-state index in [1.54, 1.807) is 17.4 Å². The molecule has 1 saturated heterocycles. The minimum absolute atomic E-state index is 0.471. The molecule has 0 unspecified atom stereocenters. The molecule has 1 aromatic carbocycles. The van der Waals surface area contributed by atoms with Gasteiger partial charge in [0.25, 0.3) is 0 Å². The molecule has 0 saturated carbocycles. The van der Waals surface area contributed by atoms with Gasteiger partial charge in [0.1, 0.15) is 0 Å². The third-order valence-corrected chi connectivity index (χ3v) is 3.88. The number of hydrogen-bond acceptors (Lipinski definition) is 3. The van der Waals surface area contributed by atoms with E-state index < -0.39 is 11.6 Å². The summed E-state index contributed by atoms with van der Waals surface area (Å²) in [5.74, 6) is -1.19. The van der Waals surface area contributed by atoms with Crippen LogP contribution in [-0.4, -0.2) is 18.1 Å². The second-order valence-electron chi connectivity index (χ2n) is 4.06. The summed E-state index contributed by atoms with van der Waals surface area (Å²) in [5, 5.41) is 6.13. The summed E-state index contributed by atoms with van der Waals surface area (Å²) >= 11 is 1.57. The van der Waals surface area contributed by atoms with Crippen LogP contribution >= 0.6 is 11.3 Å². The van der Waals surface area contributed by atoms with Gasteiger partial charge in [-0.2, -0.15) is 0 Å². The van der Waals surface area contributed by atoms with E-state index in [0.717, 1.165) is 29.9 Å². The molecule has 0 atom stereocenters. The molecule has 88 valence electrons. The predicted octanol–water partition coefficient (Wildman–Crippen LogP) is 2.78. The Morgan fingerprint density at radius 1 is 1.24 bits per heavy atom. The van der Waals surface area contributed by atoms with E-state index in [4.69, 9.17) is 0 Å². The molecule has 3 rings (SSSR count). The first-order valence-corrected chi connectivity index (χ1v) is 6.23. The zero-order valence-corrected chi connectivity index (χ0v) is 9.73. The Bertz CT molecular complexity index is 549. The van der Waals surface area contributed by atoms with Crippen molar-refractivity contribution in [2.45, 2.75) is 5.92 Å². The highest BCUT2D eigenvalue weighted by molar-refractivity contribution is 7.10. The fraction of sp³-hybridized carbons (Fsp3) is 0.250. The molecular weight excluding hydrogens is 242 g/mol. The van der Waals surface area contributed by atoms with Crippen molar-refractivity contribution in [3.05, 3.63) is 40.2 Å². The highest BCUT2D eigenvalue weighted by Crippen LogP contribution is 2.28. The van der Waals surface area contributed by atoms with Gasteiger partial charge in [-0.1, -0.05) is 0 Å². The molecule has 17 heavy (non-hydrogen) atoms. The van der Waals surface area contributed by atoms with Gasteiger partial charge in [-0.05, 0) is 18.2 Å². The van der Waals surface area contributed by atoms with Gasteiger partial charge in [-0.25, -0.2) is 13.8 Å². The topological polar surface area (TPSA) is 24.9 Å². The summed E-state index contributed by atoms with van der Waals surface area (Å²) in [6, 6.07) is 3.87. The van der Waals surface area contributed by atoms with Crippen molar-refractivity contribution in [2.75, 3.05) is 13.1 Å². The van der Waals surface area contributed by atoms with Crippen molar-refractivity contribution < 1.29 is 8.78 Å². The summed E-state index contributed by atoms with van der Waals surface area (Å²) in [7, 11) is 0. The zero-order valence-electron chi connectivity index (χ0n) is 8.91. The number of aromatic nitrogens is 1. The first-order valence-electron chi connectivity index (χ1n) is 5.35. The normalized spacial score (nSPS) is 15.9. The predicted molar refractivity (Wildman–Crippen MR) is 63.1 cm³/mol. The smallest absolute Gasteiger partial charge is 0.159 e. The van der Waals surface area contributed by atoms with E-state index in [-0.39, 0.29) is 0 Å². The van der Waals surface area contributed by atoms with Gasteiger partial charge in [0.2, 0.25) is 0 Å². The zero-order chi connectivity index (χ0) is 11.8. The number of nitrogens with one attached hydrogen (secondary N) is 1. The Balaban J connectivity index is 1.92. The van der Waals surface area contributed by atoms with Crippen molar-refractivity contribution in [2.24, 2.45) is 0 Å². The molecule has 0 amide bonds. The average molecular weight is 252 g/mol. The lowest BCUT2D eigenvalue weighted by atomic mass is 10.1. The minimum Gasteiger partial charge on any atom is -0.315 e. The maximum absolute atomic E-state index is 13.1. The fourth-order valence-corrected chi connectivity index (χ4v) is 2.66. The SMILES string of the molecule is Fc1ccc(-c2csc(C3CNC3)n2)cc1F. The van der Waals surface area contributed by atoms with Crippen LogP contribution in [0, 0.1) is 11.6 Å². The Labute approximate surface area is 101 Å². The van der Waals surface area contributed by atoms with Crippen LogP contribution in [0.3, 0.4) is 0 Å². The molecule has 5 heteroatoms. The Kier molecular flexibility index (Phi) is 2.64. The van der Waals surface area contributed by atoms with Crippen LogP contribution < -0.4 is 5.32 Å². The largest absolute Gasteiger partial charge is 0.315 e. The monoisotopic (exact) mass is 252 g/mol. The van der Waals surface area contributed by atoms with Crippen LogP contribution in [0.5, 0.6) is 0 Å². The lowest BCUT2D eigenvalue weighted by molar-refractivity contribution is 0.447. The molecule has 0 bridgehead atoms. The Morgan fingerprint density at radius 2 is 2.06 bits per heavy atom. The number of benzene rings is 1. The molecule has 0 spiro atoms. The van der Waals surface area contributed by atoms with Gasteiger partial charge in [-0.15, -0.1) is 11.3 Å². The number of thiazole rings is 1. The van der Waals surface area contributed by atoms with E-state index in [1.165, 1.54) is 6.07 Å². The number of halogens is 2. The maximum Gasteiger partial charge on any atom is 0.159 e. The summed E-state index contributed by atoms with van der Waals surface area (Å²) < 4.78 is 25.9. The van der Waals surface area contributed by atoms with Crippen LogP contribution in [0.4, 0.5) is 8.78 Å². The molecule has 2 nitrogen and oxygen atoms in total. The van der Waals surface area contributed by atoms with Gasteiger partial charge >= 0.3 is 0 Å². The van der Waals surface area contributed by atoms with Gasteiger partial charge < -0.3 is 5.32 Å². The molecule has 1 N–H and O–H groups in total. The van der Waals surface area contributed by atoms with Crippen LogP contribution in [-0.2, 0) is 0 Å². The van der Waals surface area contributed by atoms with Gasteiger partial charge in [0.05, 0.1) is 10.7 Å². The molecule has 1 aliphatic rings. The molecule has 0 aliphatic carbocycles. The quantitative estimate of drug-likeness (QED) is 0.889. The van der Waals surface area contributed by atoms with Gasteiger partial charge in [0, 0.05) is 30.0 Å². The van der Waals surface area contributed by atoms with Crippen LogP contribution in [0.15, 0.2) is 23.6 Å². The standard InChI is InChI=1S/C12H10F2N2S/c13-9-2-1-7(3-10(9)14)11-6-17-12(16-11)8-4-15-5-8/h1-3,6,8,15H,4-5H2. The second kappa shape index (κ2) is 4.16. The lowest BCUT2D eigenvalue weighted by Gasteiger charge is -2.24. The first-order chi connectivity index (χ1) is 8.24. The lowest BCUT2D eigenvalue weighted by Crippen LogP contribution is -2.39. The van der Waals surface area contributed by atoms with Crippen molar-refractivity contribution in [1.29, 1.82) is 0 Å².